The lowest BCUT2D eigenvalue weighted by Crippen LogP contribution is -2.41. The van der Waals surface area contributed by atoms with Crippen molar-refractivity contribution in [2.45, 2.75) is 39.7 Å². The number of fused-ring (bicyclic) bond motifs is 1. The van der Waals surface area contributed by atoms with Crippen LogP contribution in [0.15, 0.2) is 29.4 Å². The Balaban J connectivity index is 1.67. The fraction of sp³-hybridized carbons (Fsp3) is 0.588. The molecule has 0 bridgehead atoms. The van der Waals surface area contributed by atoms with Crippen molar-refractivity contribution in [2.75, 3.05) is 20.1 Å². The fourth-order valence-corrected chi connectivity index (χ4v) is 3.44. The molecular weight excluding hydrogens is 288 g/mol. The summed E-state index contributed by atoms with van der Waals surface area (Å²) in [5, 5.41) is 11.9. The van der Waals surface area contributed by atoms with Gasteiger partial charge in [0.1, 0.15) is 0 Å². The van der Waals surface area contributed by atoms with E-state index < -0.39 is 0 Å². The van der Waals surface area contributed by atoms with E-state index in [1.165, 1.54) is 19.3 Å². The van der Waals surface area contributed by atoms with Gasteiger partial charge in [0.05, 0.1) is 6.54 Å². The van der Waals surface area contributed by atoms with Gasteiger partial charge in [-0.25, -0.2) is 0 Å². The van der Waals surface area contributed by atoms with Crippen LogP contribution < -0.4 is 5.32 Å². The molecule has 0 aromatic carbocycles. The van der Waals surface area contributed by atoms with E-state index >= 15 is 0 Å². The lowest BCUT2D eigenvalue weighted by atomic mass is 9.82. The van der Waals surface area contributed by atoms with Crippen LogP contribution in [0.1, 0.15) is 38.9 Å². The topological polar surface area (TPSA) is 57.8 Å². The van der Waals surface area contributed by atoms with E-state index in [2.05, 4.69) is 39.3 Å². The number of nitrogens with one attached hydrogen (secondary N) is 1. The highest BCUT2D eigenvalue weighted by Gasteiger charge is 2.36. The maximum atomic E-state index is 4.46. The van der Waals surface area contributed by atoms with Crippen molar-refractivity contribution in [2.24, 2.45) is 10.4 Å². The summed E-state index contributed by atoms with van der Waals surface area (Å²) in [6.07, 6.45) is 5.69. The van der Waals surface area contributed by atoms with Crippen LogP contribution in [0.25, 0.3) is 5.65 Å². The zero-order chi connectivity index (χ0) is 16.3. The number of rotatable bonds is 4. The molecule has 0 unspecified atom stereocenters. The Bertz CT molecular complexity index is 685. The molecule has 3 rings (SSSR count). The van der Waals surface area contributed by atoms with Crippen LogP contribution >= 0.6 is 0 Å². The Morgan fingerprint density at radius 2 is 2.13 bits per heavy atom. The molecule has 2 aromatic heterocycles. The first kappa shape index (κ1) is 15.8. The number of aliphatic imine (C=N–C) groups is 1. The van der Waals surface area contributed by atoms with Crippen molar-refractivity contribution in [3.63, 3.8) is 0 Å². The van der Waals surface area contributed by atoms with Crippen molar-refractivity contribution >= 4 is 11.6 Å². The van der Waals surface area contributed by atoms with Gasteiger partial charge in [-0.3, -0.25) is 9.39 Å². The van der Waals surface area contributed by atoms with Gasteiger partial charge < -0.3 is 10.2 Å². The van der Waals surface area contributed by atoms with Crippen LogP contribution in [0.3, 0.4) is 0 Å². The molecule has 0 amide bonds. The zero-order valence-corrected chi connectivity index (χ0v) is 14.3. The average Bonchev–Trinajstić information content (AvgIpc) is 3.21. The van der Waals surface area contributed by atoms with Crippen molar-refractivity contribution in [1.29, 1.82) is 0 Å². The molecule has 124 valence electrons. The fourth-order valence-electron chi connectivity index (χ4n) is 3.44. The second-order valence-corrected chi connectivity index (χ2v) is 6.32. The van der Waals surface area contributed by atoms with Gasteiger partial charge in [-0.1, -0.05) is 19.9 Å². The lowest BCUT2D eigenvalue weighted by molar-refractivity contribution is 0.276. The Morgan fingerprint density at radius 1 is 1.30 bits per heavy atom. The molecule has 0 spiro atoms. The standard InChI is InChI=1S/C17H26N6/c1-4-17(5-2)9-11-22(13-17)16(18-3)19-12-15-21-20-14-8-6-7-10-23(14)15/h6-8,10H,4-5,9,11-13H2,1-3H3,(H,18,19). The smallest absolute Gasteiger partial charge is 0.194 e. The van der Waals surface area contributed by atoms with Crippen molar-refractivity contribution in [1.82, 2.24) is 24.8 Å². The highest BCUT2D eigenvalue weighted by molar-refractivity contribution is 5.80. The van der Waals surface area contributed by atoms with Gasteiger partial charge in [0.15, 0.2) is 17.4 Å². The summed E-state index contributed by atoms with van der Waals surface area (Å²) in [5.74, 6) is 1.86. The highest BCUT2D eigenvalue weighted by atomic mass is 15.3. The van der Waals surface area contributed by atoms with E-state index in [-0.39, 0.29) is 0 Å². The minimum Gasteiger partial charge on any atom is -0.349 e. The Labute approximate surface area is 137 Å². The van der Waals surface area contributed by atoms with Crippen LogP contribution in [-0.2, 0) is 6.54 Å². The third kappa shape index (κ3) is 3.02. The molecule has 0 atom stereocenters. The third-order valence-corrected chi connectivity index (χ3v) is 5.24. The monoisotopic (exact) mass is 314 g/mol. The summed E-state index contributed by atoms with van der Waals surface area (Å²) >= 11 is 0. The number of hydrogen-bond donors (Lipinski definition) is 1. The number of aromatic nitrogens is 3. The SMILES string of the molecule is CCC1(CC)CCN(C(=NC)NCc2nnc3ccccn23)C1. The molecule has 1 fully saturated rings. The van der Waals surface area contributed by atoms with Crippen molar-refractivity contribution in [3.05, 3.63) is 30.2 Å². The van der Waals surface area contributed by atoms with Gasteiger partial charge in [-0.2, -0.15) is 0 Å². The normalized spacial score (nSPS) is 17.9. The maximum absolute atomic E-state index is 4.46. The zero-order valence-electron chi connectivity index (χ0n) is 14.3. The van der Waals surface area contributed by atoms with E-state index in [0.717, 1.165) is 30.5 Å². The molecule has 1 aliphatic heterocycles. The molecule has 3 heterocycles. The number of pyridine rings is 1. The van der Waals surface area contributed by atoms with Gasteiger partial charge >= 0.3 is 0 Å². The van der Waals surface area contributed by atoms with Crippen molar-refractivity contribution < 1.29 is 0 Å². The van der Waals surface area contributed by atoms with E-state index in [0.29, 0.717) is 12.0 Å². The minimum atomic E-state index is 0.444. The van der Waals surface area contributed by atoms with E-state index in [9.17, 15) is 0 Å². The quantitative estimate of drug-likeness (QED) is 0.695. The summed E-state index contributed by atoms with van der Waals surface area (Å²) in [4.78, 5) is 6.83. The number of nitrogens with zero attached hydrogens (tertiary/aromatic N) is 5. The maximum Gasteiger partial charge on any atom is 0.194 e. The average molecular weight is 314 g/mol. The minimum absolute atomic E-state index is 0.444. The summed E-state index contributed by atoms with van der Waals surface area (Å²) in [5.41, 5.74) is 1.32. The number of hydrogen-bond acceptors (Lipinski definition) is 3. The van der Waals surface area contributed by atoms with Crippen LogP contribution in [0.5, 0.6) is 0 Å². The molecule has 6 nitrogen and oxygen atoms in total. The van der Waals surface area contributed by atoms with Gasteiger partial charge in [-0.15, -0.1) is 10.2 Å². The summed E-state index contributed by atoms with van der Waals surface area (Å²) in [6.45, 7) is 7.37. The highest BCUT2D eigenvalue weighted by Crippen LogP contribution is 2.36. The molecule has 1 aliphatic rings. The molecule has 0 aliphatic carbocycles. The molecule has 2 aromatic rings. The summed E-state index contributed by atoms with van der Waals surface area (Å²) in [7, 11) is 1.85. The lowest BCUT2D eigenvalue weighted by Gasteiger charge is -2.27. The molecule has 23 heavy (non-hydrogen) atoms. The predicted molar refractivity (Wildman–Crippen MR) is 92.4 cm³/mol. The van der Waals surface area contributed by atoms with Crippen LogP contribution in [0.2, 0.25) is 0 Å². The molecule has 1 N–H and O–H groups in total. The van der Waals surface area contributed by atoms with Crippen LogP contribution in [0.4, 0.5) is 0 Å². The first-order valence-corrected chi connectivity index (χ1v) is 8.45. The molecular formula is C17H26N6. The Kier molecular flexibility index (Phi) is 4.50. The van der Waals surface area contributed by atoms with Gasteiger partial charge in [0, 0.05) is 26.3 Å². The molecule has 1 saturated heterocycles. The molecule has 0 radical (unpaired) electrons. The Morgan fingerprint density at radius 3 is 2.83 bits per heavy atom. The van der Waals surface area contributed by atoms with Crippen LogP contribution in [-0.4, -0.2) is 45.6 Å². The first-order chi connectivity index (χ1) is 11.2. The van der Waals surface area contributed by atoms with Crippen molar-refractivity contribution in [3.8, 4) is 0 Å². The second kappa shape index (κ2) is 6.56. The number of likely N-dealkylation sites (tertiary alicyclic amines) is 1. The van der Waals surface area contributed by atoms with Gasteiger partial charge in [-0.05, 0) is 36.8 Å². The number of guanidine groups is 1. The summed E-state index contributed by atoms with van der Waals surface area (Å²) < 4.78 is 2.01. The largest absolute Gasteiger partial charge is 0.349 e. The first-order valence-electron chi connectivity index (χ1n) is 8.45. The predicted octanol–water partition coefficient (Wildman–Crippen LogP) is 2.32. The summed E-state index contributed by atoms with van der Waals surface area (Å²) in [6, 6.07) is 5.92. The van der Waals surface area contributed by atoms with Crippen LogP contribution in [0, 0.1) is 5.41 Å². The van der Waals surface area contributed by atoms with Gasteiger partial charge in [0.2, 0.25) is 0 Å². The van der Waals surface area contributed by atoms with E-state index in [4.69, 9.17) is 0 Å². The molecule has 0 saturated carbocycles. The van der Waals surface area contributed by atoms with Gasteiger partial charge in [0.25, 0.3) is 0 Å². The third-order valence-electron chi connectivity index (χ3n) is 5.24. The van der Waals surface area contributed by atoms with E-state index in [1.807, 2.05) is 35.8 Å². The second-order valence-electron chi connectivity index (χ2n) is 6.32. The van der Waals surface area contributed by atoms with E-state index in [1.54, 1.807) is 0 Å². The molecule has 6 heteroatoms. The Hall–Kier alpha value is -2.11.